The van der Waals surface area contributed by atoms with E-state index in [-0.39, 0.29) is 12.2 Å². The molecule has 0 N–H and O–H groups in total. The van der Waals surface area contributed by atoms with E-state index < -0.39 is 0 Å². The summed E-state index contributed by atoms with van der Waals surface area (Å²) in [6, 6.07) is 16.5. The summed E-state index contributed by atoms with van der Waals surface area (Å²) in [5.41, 5.74) is 2.12. The van der Waals surface area contributed by atoms with Crippen LogP contribution < -0.4 is 9.47 Å². The smallest absolute Gasteiger partial charge is 0.119 e. The van der Waals surface area contributed by atoms with Crippen LogP contribution >= 0.6 is 0 Å². The van der Waals surface area contributed by atoms with Crippen molar-refractivity contribution in [2.24, 2.45) is 0 Å². The third kappa shape index (κ3) is 6.74. The van der Waals surface area contributed by atoms with E-state index >= 15 is 0 Å². The molecule has 2 aliphatic rings. The molecule has 0 aliphatic heterocycles. The molecule has 0 spiro atoms. The Hall–Kier alpha value is -2.52. The van der Waals surface area contributed by atoms with Crippen molar-refractivity contribution in [3.8, 4) is 11.5 Å². The summed E-state index contributed by atoms with van der Waals surface area (Å²) in [5, 5.41) is 0. The Morgan fingerprint density at radius 1 is 0.576 bits per heavy atom. The summed E-state index contributed by atoms with van der Waals surface area (Å²) in [6.45, 7) is 8.01. The van der Waals surface area contributed by atoms with E-state index in [0.717, 1.165) is 48.3 Å². The van der Waals surface area contributed by atoms with Crippen LogP contribution in [0.1, 0.15) is 87.5 Å². The van der Waals surface area contributed by atoms with Crippen LogP contribution in [0.15, 0.2) is 73.8 Å². The zero-order chi connectivity index (χ0) is 22.9. The zero-order valence-corrected chi connectivity index (χ0v) is 19.8. The third-order valence-corrected chi connectivity index (χ3v) is 6.85. The molecular weight excluding hydrogens is 408 g/mol. The predicted octanol–water partition coefficient (Wildman–Crippen LogP) is 8.28. The Labute approximate surface area is 199 Å². The molecule has 0 saturated heterocycles. The van der Waals surface area contributed by atoms with Crippen LogP contribution in [0.2, 0.25) is 0 Å². The fraction of sp³-hybridized carbons (Fsp3) is 0.467. The lowest BCUT2D eigenvalue weighted by molar-refractivity contribution is 0.0402. The standard InChI is InChI=1S/C30H38O3/c1-3-29(23-15-19-27(20-16-23)31-25-11-7-5-8-12-25)33-30(4-2)24-17-21-28(22-18-24)32-26-13-9-6-10-14-26/h3-4,15-22,25-26,29-30H,1-2,5-14H2. The number of ether oxygens (including phenoxy) is 3. The molecule has 2 aliphatic carbocycles. The molecule has 2 saturated carbocycles. The molecule has 3 heteroatoms. The van der Waals surface area contributed by atoms with Gasteiger partial charge in [-0.3, -0.25) is 0 Å². The fourth-order valence-electron chi connectivity index (χ4n) is 4.92. The molecule has 3 nitrogen and oxygen atoms in total. The minimum atomic E-state index is -0.227. The lowest BCUT2D eigenvalue weighted by Gasteiger charge is -2.24. The molecule has 0 heterocycles. The highest BCUT2D eigenvalue weighted by Crippen LogP contribution is 2.32. The summed E-state index contributed by atoms with van der Waals surface area (Å²) in [6.07, 6.45) is 16.3. The second-order valence-electron chi connectivity index (χ2n) is 9.34. The zero-order valence-electron chi connectivity index (χ0n) is 19.8. The van der Waals surface area contributed by atoms with Crippen molar-refractivity contribution in [3.05, 3.63) is 85.0 Å². The lowest BCUT2D eigenvalue weighted by Crippen LogP contribution is -2.19. The van der Waals surface area contributed by atoms with Crippen molar-refractivity contribution in [2.75, 3.05) is 0 Å². The van der Waals surface area contributed by atoms with E-state index in [4.69, 9.17) is 14.2 Å². The van der Waals surface area contributed by atoms with Crippen molar-refractivity contribution in [1.82, 2.24) is 0 Å². The fourth-order valence-corrected chi connectivity index (χ4v) is 4.92. The Balaban J connectivity index is 1.35. The van der Waals surface area contributed by atoms with Crippen LogP contribution in [0.25, 0.3) is 0 Å². The summed E-state index contributed by atoms with van der Waals surface area (Å²) >= 11 is 0. The molecule has 2 fully saturated rings. The van der Waals surface area contributed by atoms with E-state index in [1.165, 1.54) is 38.5 Å². The Morgan fingerprint density at radius 3 is 1.27 bits per heavy atom. The Morgan fingerprint density at radius 2 is 0.939 bits per heavy atom. The minimum Gasteiger partial charge on any atom is -0.490 e. The highest BCUT2D eigenvalue weighted by molar-refractivity contribution is 5.32. The topological polar surface area (TPSA) is 27.7 Å². The maximum absolute atomic E-state index is 6.38. The van der Waals surface area contributed by atoms with Crippen molar-refractivity contribution in [3.63, 3.8) is 0 Å². The third-order valence-electron chi connectivity index (χ3n) is 6.85. The number of hydrogen-bond donors (Lipinski definition) is 0. The number of benzene rings is 2. The van der Waals surface area contributed by atoms with Gasteiger partial charge in [0.2, 0.25) is 0 Å². The number of rotatable bonds is 10. The van der Waals surface area contributed by atoms with E-state index in [1.807, 2.05) is 36.4 Å². The van der Waals surface area contributed by atoms with Crippen LogP contribution in [0.4, 0.5) is 0 Å². The molecule has 0 bridgehead atoms. The van der Waals surface area contributed by atoms with Gasteiger partial charge in [-0.15, -0.1) is 13.2 Å². The van der Waals surface area contributed by atoms with Crippen LogP contribution in [0.5, 0.6) is 11.5 Å². The Bertz CT molecular complexity index is 785. The van der Waals surface area contributed by atoms with Crippen molar-refractivity contribution in [2.45, 2.75) is 88.6 Å². The van der Waals surface area contributed by atoms with Gasteiger partial charge < -0.3 is 14.2 Å². The van der Waals surface area contributed by atoms with Gasteiger partial charge in [0, 0.05) is 0 Å². The second kappa shape index (κ2) is 12.1. The number of hydrogen-bond acceptors (Lipinski definition) is 3. The highest BCUT2D eigenvalue weighted by atomic mass is 16.5. The molecule has 2 aromatic carbocycles. The summed E-state index contributed by atoms with van der Waals surface area (Å²) in [7, 11) is 0. The first-order chi connectivity index (χ1) is 16.2. The summed E-state index contributed by atoms with van der Waals surface area (Å²) < 4.78 is 18.7. The summed E-state index contributed by atoms with van der Waals surface area (Å²) in [4.78, 5) is 0. The van der Waals surface area contributed by atoms with Crippen LogP contribution in [0, 0.1) is 0 Å². The van der Waals surface area contributed by atoms with Gasteiger partial charge in [-0.2, -0.15) is 0 Å². The molecule has 2 unspecified atom stereocenters. The quantitative estimate of drug-likeness (QED) is 0.344. The van der Waals surface area contributed by atoms with E-state index in [0.29, 0.717) is 12.2 Å². The van der Waals surface area contributed by atoms with E-state index in [9.17, 15) is 0 Å². The van der Waals surface area contributed by atoms with Crippen LogP contribution in [-0.2, 0) is 4.74 Å². The molecule has 4 rings (SSSR count). The van der Waals surface area contributed by atoms with Gasteiger partial charge in [-0.05, 0) is 86.8 Å². The van der Waals surface area contributed by atoms with Gasteiger partial charge in [-0.25, -0.2) is 0 Å². The molecule has 2 aromatic rings. The van der Waals surface area contributed by atoms with Gasteiger partial charge in [0.05, 0.1) is 12.2 Å². The maximum Gasteiger partial charge on any atom is 0.119 e. The SMILES string of the molecule is C=CC(OC(C=C)c1ccc(OC2CCCCC2)cc1)c1ccc(OC2CCCCC2)cc1. The monoisotopic (exact) mass is 446 g/mol. The first kappa shape index (κ1) is 23.6. The molecular formula is C30H38O3. The maximum atomic E-state index is 6.38. The molecule has 0 aromatic heterocycles. The van der Waals surface area contributed by atoms with Crippen molar-refractivity contribution < 1.29 is 14.2 Å². The van der Waals surface area contributed by atoms with Gasteiger partial charge in [-0.1, -0.05) is 49.3 Å². The molecule has 33 heavy (non-hydrogen) atoms. The minimum absolute atomic E-state index is 0.227. The van der Waals surface area contributed by atoms with Gasteiger partial charge >= 0.3 is 0 Å². The first-order valence-corrected chi connectivity index (χ1v) is 12.7. The lowest BCUT2D eigenvalue weighted by atomic mass is 9.98. The molecule has 2 atom stereocenters. The van der Waals surface area contributed by atoms with Crippen molar-refractivity contribution >= 4 is 0 Å². The predicted molar refractivity (Wildman–Crippen MR) is 135 cm³/mol. The average molecular weight is 447 g/mol. The van der Waals surface area contributed by atoms with Gasteiger partial charge in [0.15, 0.2) is 0 Å². The Kier molecular flexibility index (Phi) is 8.65. The van der Waals surface area contributed by atoms with E-state index in [2.05, 4.69) is 37.4 Å². The average Bonchev–Trinajstić information content (AvgIpc) is 2.87. The molecule has 176 valence electrons. The first-order valence-electron chi connectivity index (χ1n) is 12.7. The normalized spacial score (nSPS) is 19.4. The van der Waals surface area contributed by atoms with Crippen LogP contribution in [0.3, 0.4) is 0 Å². The molecule has 0 amide bonds. The molecule has 0 radical (unpaired) electrons. The second-order valence-corrected chi connectivity index (χ2v) is 9.34. The van der Waals surface area contributed by atoms with Crippen LogP contribution in [-0.4, -0.2) is 12.2 Å². The summed E-state index contributed by atoms with van der Waals surface area (Å²) in [5.74, 6) is 1.87. The van der Waals surface area contributed by atoms with Crippen molar-refractivity contribution in [1.29, 1.82) is 0 Å². The van der Waals surface area contributed by atoms with Gasteiger partial charge in [0.1, 0.15) is 23.7 Å². The van der Waals surface area contributed by atoms with E-state index in [1.54, 1.807) is 0 Å². The largest absolute Gasteiger partial charge is 0.490 e. The van der Waals surface area contributed by atoms with Gasteiger partial charge in [0.25, 0.3) is 0 Å². The highest BCUT2D eigenvalue weighted by Gasteiger charge is 2.19.